The fourth-order valence-electron chi connectivity index (χ4n) is 1.55. The van der Waals surface area contributed by atoms with Crippen molar-refractivity contribution in [1.29, 1.82) is 0 Å². The Hall–Kier alpha value is -2.43. The second kappa shape index (κ2) is 5.27. The summed E-state index contributed by atoms with van der Waals surface area (Å²) in [6.07, 6.45) is 5.13. The molecular formula is C13H14N4O. The van der Waals surface area contributed by atoms with Gasteiger partial charge >= 0.3 is 0 Å². The average molecular weight is 242 g/mol. The molecule has 5 nitrogen and oxygen atoms in total. The highest BCUT2D eigenvalue weighted by Crippen LogP contribution is 2.11. The van der Waals surface area contributed by atoms with Gasteiger partial charge in [0.2, 0.25) is 0 Å². The van der Waals surface area contributed by atoms with Crippen LogP contribution in [0.25, 0.3) is 0 Å². The van der Waals surface area contributed by atoms with E-state index in [0.29, 0.717) is 6.54 Å². The number of anilines is 1. The minimum absolute atomic E-state index is 0.253. The topological polar surface area (TPSA) is 80.9 Å². The molecule has 18 heavy (non-hydrogen) atoms. The number of nitrogens with two attached hydrogens (primary N) is 1. The van der Waals surface area contributed by atoms with E-state index in [-0.39, 0.29) is 5.69 Å². The number of aromatic nitrogens is 2. The molecule has 1 amide bonds. The van der Waals surface area contributed by atoms with Gasteiger partial charge in [0.1, 0.15) is 5.69 Å². The molecule has 0 aromatic carbocycles. The molecule has 0 atom stereocenters. The van der Waals surface area contributed by atoms with Crippen LogP contribution in [0.5, 0.6) is 0 Å². The fourth-order valence-corrected chi connectivity index (χ4v) is 1.55. The summed E-state index contributed by atoms with van der Waals surface area (Å²) in [7, 11) is 0. The lowest BCUT2D eigenvalue weighted by Crippen LogP contribution is -2.13. The van der Waals surface area contributed by atoms with Crippen molar-refractivity contribution in [2.45, 2.75) is 13.5 Å². The molecule has 5 heteroatoms. The van der Waals surface area contributed by atoms with Gasteiger partial charge in [-0.3, -0.25) is 14.8 Å². The van der Waals surface area contributed by atoms with Crippen molar-refractivity contribution in [3.63, 3.8) is 0 Å². The Bertz CT molecular complexity index is 568. The highest BCUT2D eigenvalue weighted by atomic mass is 16.1. The van der Waals surface area contributed by atoms with Crippen LogP contribution in [0.1, 0.15) is 21.6 Å². The number of pyridine rings is 2. The maximum atomic E-state index is 11.0. The molecule has 0 spiro atoms. The Balaban J connectivity index is 2.09. The van der Waals surface area contributed by atoms with Gasteiger partial charge in [-0.25, -0.2) is 0 Å². The van der Waals surface area contributed by atoms with Gasteiger partial charge in [0.05, 0.1) is 0 Å². The summed E-state index contributed by atoms with van der Waals surface area (Å²) in [4.78, 5) is 19.0. The van der Waals surface area contributed by atoms with E-state index < -0.39 is 5.91 Å². The summed E-state index contributed by atoms with van der Waals surface area (Å²) in [6.45, 7) is 2.67. The Kier molecular flexibility index (Phi) is 3.52. The first-order valence-corrected chi connectivity index (χ1v) is 5.56. The third-order valence-corrected chi connectivity index (χ3v) is 2.64. The summed E-state index contributed by atoms with van der Waals surface area (Å²) >= 11 is 0. The third kappa shape index (κ3) is 2.82. The molecule has 0 fully saturated rings. The van der Waals surface area contributed by atoms with Crippen LogP contribution in [0.3, 0.4) is 0 Å². The van der Waals surface area contributed by atoms with E-state index >= 15 is 0 Å². The number of primary amides is 1. The number of aryl methyl sites for hydroxylation is 1. The van der Waals surface area contributed by atoms with E-state index in [1.807, 2.05) is 19.2 Å². The van der Waals surface area contributed by atoms with Gasteiger partial charge < -0.3 is 11.1 Å². The molecule has 92 valence electrons. The van der Waals surface area contributed by atoms with Gasteiger partial charge in [-0.1, -0.05) is 0 Å². The zero-order valence-electron chi connectivity index (χ0n) is 10.1. The van der Waals surface area contributed by atoms with Crippen LogP contribution in [0.4, 0.5) is 5.69 Å². The normalized spacial score (nSPS) is 10.1. The maximum absolute atomic E-state index is 11.0. The van der Waals surface area contributed by atoms with E-state index in [4.69, 9.17) is 5.73 Å². The molecule has 0 saturated carbocycles. The van der Waals surface area contributed by atoms with Crippen molar-refractivity contribution in [2.75, 3.05) is 5.32 Å². The van der Waals surface area contributed by atoms with Crippen LogP contribution in [0.15, 0.2) is 36.8 Å². The molecule has 0 unspecified atom stereocenters. The Morgan fingerprint density at radius 3 is 2.94 bits per heavy atom. The van der Waals surface area contributed by atoms with Crippen molar-refractivity contribution in [1.82, 2.24) is 9.97 Å². The molecule has 0 bridgehead atoms. The highest BCUT2D eigenvalue weighted by molar-refractivity contribution is 5.91. The number of hydrogen-bond donors (Lipinski definition) is 2. The number of nitrogens with zero attached hydrogens (tertiary/aromatic N) is 2. The van der Waals surface area contributed by atoms with Crippen molar-refractivity contribution < 1.29 is 4.79 Å². The third-order valence-electron chi connectivity index (χ3n) is 2.64. The summed E-state index contributed by atoms with van der Waals surface area (Å²) in [5.41, 5.74) is 8.51. The van der Waals surface area contributed by atoms with E-state index in [2.05, 4.69) is 15.3 Å². The first kappa shape index (κ1) is 12.0. The second-order valence-electron chi connectivity index (χ2n) is 3.95. The molecule has 0 saturated heterocycles. The van der Waals surface area contributed by atoms with Gasteiger partial charge in [0.25, 0.3) is 5.91 Å². The van der Waals surface area contributed by atoms with Gasteiger partial charge in [-0.2, -0.15) is 0 Å². The van der Waals surface area contributed by atoms with Gasteiger partial charge in [-0.15, -0.1) is 0 Å². The number of rotatable bonds is 4. The van der Waals surface area contributed by atoms with Crippen molar-refractivity contribution >= 4 is 11.6 Å². The molecular weight excluding hydrogens is 228 g/mol. The first-order chi connectivity index (χ1) is 8.66. The minimum atomic E-state index is -0.531. The largest absolute Gasteiger partial charge is 0.381 e. The summed E-state index contributed by atoms with van der Waals surface area (Å²) in [6, 6.07) is 5.38. The smallest absolute Gasteiger partial charge is 0.267 e. The zero-order chi connectivity index (χ0) is 13.0. The number of carbonyl (C=O) groups is 1. The number of amides is 1. The molecule has 2 rings (SSSR count). The number of hydrogen-bond acceptors (Lipinski definition) is 4. The zero-order valence-corrected chi connectivity index (χ0v) is 10.1. The van der Waals surface area contributed by atoms with Crippen LogP contribution in [0, 0.1) is 6.92 Å². The van der Waals surface area contributed by atoms with Crippen LogP contribution in [0.2, 0.25) is 0 Å². The SMILES string of the molecule is Cc1ccncc1CNc1ccnc(C(N)=O)c1. The molecule has 3 N–H and O–H groups in total. The monoisotopic (exact) mass is 242 g/mol. The average Bonchev–Trinajstić information content (AvgIpc) is 2.38. The molecule has 0 radical (unpaired) electrons. The Labute approximate surface area is 105 Å². The first-order valence-electron chi connectivity index (χ1n) is 5.56. The summed E-state index contributed by atoms with van der Waals surface area (Å²) in [5.74, 6) is -0.531. The predicted molar refractivity (Wildman–Crippen MR) is 69.1 cm³/mol. The maximum Gasteiger partial charge on any atom is 0.267 e. The lowest BCUT2D eigenvalue weighted by molar-refractivity contribution is 0.0995. The lowest BCUT2D eigenvalue weighted by Gasteiger charge is -2.08. The molecule has 0 aliphatic carbocycles. The Morgan fingerprint density at radius 2 is 2.22 bits per heavy atom. The van der Waals surface area contributed by atoms with E-state index in [0.717, 1.165) is 11.3 Å². The van der Waals surface area contributed by atoms with E-state index in [9.17, 15) is 4.79 Å². The molecule has 2 aromatic rings. The second-order valence-corrected chi connectivity index (χ2v) is 3.95. The van der Waals surface area contributed by atoms with Crippen LogP contribution in [-0.2, 0) is 6.54 Å². The number of carbonyl (C=O) groups excluding carboxylic acids is 1. The van der Waals surface area contributed by atoms with E-state index in [1.54, 1.807) is 24.5 Å². The summed E-state index contributed by atoms with van der Waals surface area (Å²) in [5, 5.41) is 3.21. The van der Waals surface area contributed by atoms with Crippen LogP contribution < -0.4 is 11.1 Å². The molecule has 2 aromatic heterocycles. The number of nitrogens with one attached hydrogen (secondary N) is 1. The summed E-state index contributed by atoms with van der Waals surface area (Å²) < 4.78 is 0. The van der Waals surface area contributed by atoms with Crippen molar-refractivity contribution in [2.24, 2.45) is 5.73 Å². The van der Waals surface area contributed by atoms with Crippen molar-refractivity contribution in [3.05, 3.63) is 53.6 Å². The van der Waals surface area contributed by atoms with E-state index in [1.165, 1.54) is 5.56 Å². The molecule has 0 aliphatic rings. The fraction of sp³-hybridized carbons (Fsp3) is 0.154. The van der Waals surface area contributed by atoms with Crippen LogP contribution >= 0.6 is 0 Å². The predicted octanol–water partition coefficient (Wildman–Crippen LogP) is 1.50. The van der Waals surface area contributed by atoms with Crippen molar-refractivity contribution in [3.8, 4) is 0 Å². The molecule has 0 aliphatic heterocycles. The highest BCUT2D eigenvalue weighted by Gasteiger charge is 2.03. The van der Waals surface area contributed by atoms with Gasteiger partial charge in [0, 0.05) is 30.8 Å². The van der Waals surface area contributed by atoms with Crippen LogP contribution in [-0.4, -0.2) is 15.9 Å². The van der Waals surface area contributed by atoms with Gasteiger partial charge in [-0.05, 0) is 36.2 Å². The quantitative estimate of drug-likeness (QED) is 0.851. The molecule has 2 heterocycles. The Morgan fingerprint density at radius 1 is 1.39 bits per heavy atom. The van der Waals surface area contributed by atoms with Gasteiger partial charge in [0.15, 0.2) is 0 Å². The standard InChI is InChI=1S/C13H14N4O/c1-9-2-4-15-7-10(9)8-17-11-3-5-16-12(6-11)13(14)18/h2-7H,8H2,1H3,(H2,14,18)(H,16,17). The minimum Gasteiger partial charge on any atom is -0.381 e. The lowest BCUT2D eigenvalue weighted by atomic mass is 10.1.